The third kappa shape index (κ3) is 4.22. The fourth-order valence-electron chi connectivity index (χ4n) is 2.08. The highest BCUT2D eigenvalue weighted by atomic mass is 32.1. The summed E-state index contributed by atoms with van der Waals surface area (Å²) in [7, 11) is 0. The summed E-state index contributed by atoms with van der Waals surface area (Å²) >= 11 is 4.30. The van der Waals surface area contributed by atoms with Crippen molar-refractivity contribution in [2.24, 2.45) is 11.8 Å². The third-order valence-corrected chi connectivity index (χ3v) is 3.32. The highest BCUT2D eigenvalue weighted by molar-refractivity contribution is 7.80. The van der Waals surface area contributed by atoms with E-state index in [4.69, 9.17) is 9.84 Å². The molecule has 1 fully saturated rings. The van der Waals surface area contributed by atoms with Gasteiger partial charge in [-0.3, -0.25) is 9.59 Å². The van der Waals surface area contributed by atoms with Crippen LogP contribution in [0.4, 0.5) is 0 Å². The molecule has 3 unspecified atom stereocenters. The Morgan fingerprint density at radius 1 is 1.24 bits per heavy atom. The van der Waals surface area contributed by atoms with Crippen molar-refractivity contribution >= 4 is 24.6 Å². The van der Waals surface area contributed by atoms with Crippen LogP contribution in [0.15, 0.2) is 0 Å². The molecule has 0 aromatic carbocycles. The van der Waals surface area contributed by atoms with Crippen LogP contribution < -0.4 is 0 Å². The van der Waals surface area contributed by atoms with Gasteiger partial charge in [-0.2, -0.15) is 12.6 Å². The first-order chi connectivity index (χ1) is 7.70. The van der Waals surface area contributed by atoms with Crippen molar-refractivity contribution < 1.29 is 19.4 Å². The van der Waals surface area contributed by atoms with Crippen LogP contribution in [-0.2, 0) is 14.3 Å². The predicted octanol–water partition coefficient (Wildman–Crippen LogP) is 2.13. The maximum absolute atomic E-state index is 11.9. The van der Waals surface area contributed by atoms with Gasteiger partial charge in [0.2, 0.25) is 0 Å². The van der Waals surface area contributed by atoms with Crippen molar-refractivity contribution in [2.75, 3.05) is 0 Å². The van der Waals surface area contributed by atoms with Crippen molar-refractivity contribution in [3.63, 3.8) is 0 Å². The summed E-state index contributed by atoms with van der Waals surface area (Å²) in [5, 5.41) is 9.20. The van der Waals surface area contributed by atoms with E-state index >= 15 is 0 Å². The summed E-state index contributed by atoms with van der Waals surface area (Å²) in [5.74, 6) is -2.53. The van der Waals surface area contributed by atoms with Gasteiger partial charge >= 0.3 is 11.9 Å². The molecule has 0 amide bonds. The van der Waals surface area contributed by atoms with Crippen LogP contribution in [0, 0.1) is 11.8 Å². The molecular weight excluding hydrogens is 240 g/mol. The first-order valence-corrected chi connectivity index (χ1v) is 6.36. The Morgan fingerprint density at radius 2 is 1.82 bits per heavy atom. The van der Waals surface area contributed by atoms with Crippen LogP contribution in [0.25, 0.3) is 0 Å². The van der Waals surface area contributed by atoms with E-state index in [2.05, 4.69) is 12.6 Å². The van der Waals surface area contributed by atoms with Gasteiger partial charge in [0.25, 0.3) is 0 Å². The smallest absolute Gasteiger partial charge is 0.310 e. The van der Waals surface area contributed by atoms with Crippen LogP contribution in [0.5, 0.6) is 0 Å². The van der Waals surface area contributed by atoms with Gasteiger partial charge in [-0.15, -0.1) is 0 Å². The first-order valence-electron chi connectivity index (χ1n) is 5.84. The predicted molar refractivity (Wildman–Crippen MR) is 67.1 cm³/mol. The van der Waals surface area contributed by atoms with Crippen molar-refractivity contribution in [1.29, 1.82) is 0 Å². The van der Waals surface area contributed by atoms with E-state index in [1.165, 1.54) is 0 Å². The number of hydrogen-bond donors (Lipinski definition) is 2. The molecule has 0 aromatic heterocycles. The summed E-state index contributed by atoms with van der Waals surface area (Å²) in [5.41, 5.74) is -0.571. The molecule has 1 aliphatic rings. The number of carboxylic acid groups (broad SMARTS) is 1. The number of rotatable bonds is 2. The average Bonchev–Trinajstić information content (AvgIpc) is 2.14. The van der Waals surface area contributed by atoms with Gasteiger partial charge in [-0.05, 0) is 40.0 Å². The largest absolute Gasteiger partial charge is 0.481 e. The summed E-state index contributed by atoms with van der Waals surface area (Å²) < 4.78 is 5.27. The monoisotopic (exact) mass is 260 g/mol. The number of carbonyl (C=O) groups is 2. The standard InChI is InChI=1S/C12H20O4S/c1-12(2,3)16-11(15)8-5-4-7(17)6-9(8)10(13)14/h7-9,17H,4-6H2,1-3H3,(H,13,14). The molecule has 0 spiro atoms. The van der Waals surface area contributed by atoms with Crippen molar-refractivity contribution in [3.8, 4) is 0 Å². The van der Waals surface area contributed by atoms with Crippen LogP contribution in [0.2, 0.25) is 0 Å². The Morgan fingerprint density at radius 3 is 2.29 bits per heavy atom. The van der Waals surface area contributed by atoms with Gasteiger partial charge in [-0.1, -0.05) is 0 Å². The van der Waals surface area contributed by atoms with E-state index < -0.39 is 29.4 Å². The van der Waals surface area contributed by atoms with Crippen molar-refractivity contribution in [2.45, 2.75) is 50.9 Å². The Hall–Kier alpha value is -0.710. The molecule has 0 heterocycles. The van der Waals surface area contributed by atoms with E-state index in [9.17, 15) is 9.59 Å². The number of esters is 1. The van der Waals surface area contributed by atoms with Crippen LogP contribution in [0.3, 0.4) is 0 Å². The van der Waals surface area contributed by atoms with Crippen LogP contribution >= 0.6 is 12.6 Å². The summed E-state index contributed by atoms with van der Waals surface area (Å²) in [4.78, 5) is 23.1. The number of hydrogen-bond acceptors (Lipinski definition) is 4. The Kier molecular flexibility index (Phi) is 4.47. The quantitative estimate of drug-likeness (QED) is 0.589. The molecular formula is C12H20O4S. The molecule has 4 nitrogen and oxygen atoms in total. The SMILES string of the molecule is CC(C)(C)OC(=O)C1CCC(S)CC1C(=O)O. The lowest BCUT2D eigenvalue weighted by molar-refractivity contribution is -0.168. The number of aliphatic carboxylic acids is 1. The maximum atomic E-state index is 11.9. The second-order valence-corrected chi connectivity index (χ2v) is 6.28. The zero-order chi connectivity index (χ0) is 13.2. The van der Waals surface area contributed by atoms with E-state index in [0.29, 0.717) is 12.8 Å². The molecule has 1 N–H and O–H groups in total. The summed E-state index contributed by atoms with van der Waals surface area (Å²) in [6, 6.07) is 0. The Balaban J connectivity index is 2.73. The highest BCUT2D eigenvalue weighted by Crippen LogP contribution is 2.34. The zero-order valence-corrected chi connectivity index (χ0v) is 11.4. The topological polar surface area (TPSA) is 63.6 Å². The molecule has 3 atom stereocenters. The van der Waals surface area contributed by atoms with E-state index in [0.717, 1.165) is 6.42 Å². The fourth-order valence-corrected chi connectivity index (χ4v) is 2.46. The molecule has 5 heteroatoms. The molecule has 0 aromatic rings. The minimum absolute atomic E-state index is 0.0646. The summed E-state index contributed by atoms with van der Waals surface area (Å²) in [6.07, 6.45) is 1.74. The van der Waals surface area contributed by atoms with Gasteiger partial charge < -0.3 is 9.84 Å². The second kappa shape index (κ2) is 5.29. The third-order valence-electron chi connectivity index (χ3n) is 2.85. The maximum Gasteiger partial charge on any atom is 0.310 e. The molecule has 1 aliphatic carbocycles. The van der Waals surface area contributed by atoms with Gasteiger partial charge in [0.1, 0.15) is 5.60 Å². The number of thiol groups is 1. The van der Waals surface area contributed by atoms with Gasteiger partial charge in [0.15, 0.2) is 0 Å². The number of carboxylic acids is 1. The van der Waals surface area contributed by atoms with E-state index in [-0.39, 0.29) is 5.25 Å². The first kappa shape index (κ1) is 14.4. The normalized spacial score (nSPS) is 29.8. The molecule has 17 heavy (non-hydrogen) atoms. The van der Waals surface area contributed by atoms with Gasteiger partial charge in [-0.25, -0.2) is 0 Å². The van der Waals surface area contributed by atoms with E-state index in [1.54, 1.807) is 20.8 Å². The fraction of sp³-hybridized carbons (Fsp3) is 0.833. The van der Waals surface area contributed by atoms with E-state index in [1.807, 2.05) is 0 Å². The molecule has 1 rings (SSSR count). The van der Waals surface area contributed by atoms with Gasteiger partial charge in [0.05, 0.1) is 11.8 Å². The zero-order valence-electron chi connectivity index (χ0n) is 10.5. The molecule has 0 bridgehead atoms. The lowest BCUT2D eigenvalue weighted by atomic mass is 9.79. The van der Waals surface area contributed by atoms with Gasteiger partial charge in [0, 0.05) is 5.25 Å². The Bertz CT molecular complexity index is 308. The van der Waals surface area contributed by atoms with Crippen LogP contribution in [-0.4, -0.2) is 27.9 Å². The second-order valence-electron chi connectivity index (χ2n) is 5.55. The highest BCUT2D eigenvalue weighted by Gasteiger charge is 2.40. The molecule has 0 radical (unpaired) electrons. The average molecular weight is 260 g/mol. The minimum Gasteiger partial charge on any atom is -0.481 e. The molecule has 0 aliphatic heterocycles. The van der Waals surface area contributed by atoms with Crippen molar-refractivity contribution in [3.05, 3.63) is 0 Å². The summed E-state index contributed by atoms with van der Waals surface area (Å²) in [6.45, 7) is 5.35. The molecule has 98 valence electrons. The minimum atomic E-state index is -0.931. The number of carbonyl (C=O) groups excluding carboxylic acids is 1. The van der Waals surface area contributed by atoms with Crippen LogP contribution in [0.1, 0.15) is 40.0 Å². The Labute approximate surface area is 107 Å². The molecule has 1 saturated carbocycles. The lowest BCUT2D eigenvalue weighted by Crippen LogP contribution is -2.39. The lowest BCUT2D eigenvalue weighted by Gasteiger charge is -2.32. The van der Waals surface area contributed by atoms with Crippen molar-refractivity contribution in [1.82, 2.24) is 0 Å². The number of ether oxygens (including phenoxy) is 1. The molecule has 0 saturated heterocycles.